The molecule has 1 aromatic carbocycles. The van der Waals surface area contributed by atoms with E-state index >= 15 is 0 Å². The lowest BCUT2D eigenvalue weighted by Gasteiger charge is -2.22. The van der Waals surface area contributed by atoms with Crippen molar-refractivity contribution < 1.29 is 18.9 Å². The van der Waals surface area contributed by atoms with Gasteiger partial charge in [-0.2, -0.15) is 0 Å². The maximum Gasteiger partial charge on any atom is 0.598 e. The van der Waals surface area contributed by atoms with Gasteiger partial charge < -0.3 is 9.31 Å². The van der Waals surface area contributed by atoms with Crippen LogP contribution in [-0.2, 0) is 25.3 Å². The highest BCUT2D eigenvalue weighted by molar-refractivity contribution is 6.49. The van der Waals surface area contributed by atoms with Gasteiger partial charge in [-0.1, -0.05) is 30.3 Å². The summed E-state index contributed by atoms with van der Waals surface area (Å²) in [5.41, 5.74) is 1.12. The summed E-state index contributed by atoms with van der Waals surface area (Å²) in [4.78, 5) is 24.6. The van der Waals surface area contributed by atoms with Crippen LogP contribution in [0.4, 0.5) is 0 Å². The molecule has 0 unspecified atom stereocenters. The zero-order chi connectivity index (χ0) is 13.7. The minimum absolute atomic E-state index is 0.108. The molecule has 6 heteroatoms. The molecule has 0 spiro atoms. The maximum absolute atomic E-state index is 11.5. The van der Waals surface area contributed by atoms with Crippen LogP contribution in [0.25, 0.3) is 0 Å². The number of nitrogens with zero attached hydrogens (tertiary/aromatic N) is 1. The Balaban J connectivity index is 1.91. The highest BCUT2D eigenvalue weighted by Gasteiger charge is 2.30. The molecule has 0 aliphatic carbocycles. The molecule has 0 saturated carbocycles. The van der Waals surface area contributed by atoms with Crippen LogP contribution in [0.2, 0.25) is 6.32 Å². The normalized spacial score (nSPS) is 17.4. The fourth-order valence-electron chi connectivity index (χ4n) is 1.94. The van der Waals surface area contributed by atoms with Crippen molar-refractivity contribution in [3.8, 4) is 0 Å². The van der Waals surface area contributed by atoms with Crippen molar-refractivity contribution in [1.82, 2.24) is 4.90 Å². The van der Waals surface area contributed by atoms with E-state index in [1.54, 1.807) is 11.9 Å². The first-order valence-corrected chi connectivity index (χ1v) is 6.25. The number of rotatable bonds is 3. The van der Waals surface area contributed by atoms with Gasteiger partial charge in [-0.25, -0.2) is 0 Å². The van der Waals surface area contributed by atoms with Gasteiger partial charge >= 0.3 is 19.1 Å². The van der Waals surface area contributed by atoms with Crippen molar-refractivity contribution in [3.63, 3.8) is 0 Å². The van der Waals surface area contributed by atoms with E-state index in [1.807, 2.05) is 30.3 Å². The van der Waals surface area contributed by atoms with Crippen LogP contribution in [0.5, 0.6) is 0 Å². The second-order valence-corrected chi connectivity index (χ2v) is 4.61. The average molecular weight is 261 g/mol. The van der Waals surface area contributed by atoms with Gasteiger partial charge in [0, 0.05) is 6.32 Å². The summed E-state index contributed by atoms with van der Waals surface area (Å²) in [5, 5.41) is 0. The van der Waals surface area contributed by atoms with Crippen LogP contribution in [0.15, 0.2) is 30.3 Å². The first-order chi connectivity index (χ1) is 9.13. The smallest absolute Gasteiger partial charge is 0.498 e. The molecule has 1 heterocycles. The van der Waals surface area contributed by atoms with Crippen LogP contribution in [0, 0.1) is 0 Å². The molecule has 2 rings (SSSR count). The molecule has 100 valence electrons. The molecule has 0 radical (unpaired) electrons. The van der Waals surface area contributed by atoms with Crippen molar-refractivity contribution in [2.45, 2.75) is 12.7 Å². The third kappa shape index (κ3) is 4.41. The Kier molecular flexibility index (Phi) is 4.57. The highest BCUT2D eigenvalue weighted by atomic mass is 16.6. The van der Waals surface area contributed by atoms with E-state index in [2.05, 4.69) is 0 Å². The van der Waals surface area contributed by atoms with Gasteiger partial charge in [-0.3, -0.25) is 14.5 Å². The van der Waals surface area contributed by atoms with E-state index in [4.69, 9.17) is 9.31 Å². The molecule has 1 aliphatic heterocycles. The Morgan fingerprint density at radius 3 is 2.26 bits per heavy atom. The number of carbonyl (C=O) groups excluding carboxylic acids is 2. The van der Waals surface area contributed by atoms with E-state index in [0.29, 0.717) is 12.7 Å². The third-order valence-corrected chi connectivity index (χ3v) is 2.84. The molecule has 5 nitrogen and oxygen atoms in total. The molecule has 0 atom stereocenters. The molecule has 1 aliphatic rings. The highest BCUT2D eigenvalue weighted by Crippen LogP contribution is 2.09. The average Bonchev–Trinajstić information content (AvgIpc) is 2.35. The van der Waals surface area contributed by atoms with Crippen LogP contribution in [-0.4, -0.2) is 44.1 Å². The third-order valence-electron chi connectivity index (χ3n) is 2.84. The minimum Gasteiger partial charge on any atom is -0.498 e. The molecule has 19 heavy (non-hydrogen) atoms. The van der Waals surface area contributed by atoms with Crippen molar-refractivity contribution in [3.05, 3.63) is 35.9 Å². The van der Waals surface area contributed by atoms with E-state index in [9.17, 15) is 9.59 Å². The first-order valence-electron chi connectivity index (χ1n) is 6.25. The summed E-state index contributed by atoms with van der Waals surface area (Å²) in [6.07, 6.45) is 1.17. The maximum atomic E-state index is 11.5. The molecule has 0 amide bonds. The largest absolute Gasteiger partial charge is 0.598 e. The number of hydrogen-bond donors (Lipinski definition) is 0. The second-order valence-electron chi connectivity index (χ2n) is 4.61. The van der Waals surface area contributed by atoms with Gasteiger partial charge in [0.15, 0.2) is 0 Å². The molecule has 0 aromatic heterocycles. The Bertz CT molecular complexity index is 431. The molecule has 0 bridgehead atoms. The standard InChI is InChI=1S/C13H16BNO4/c1-15-9-12(16)18-14(19-13(17)10-15)8-7-11-5-3-2-4-6-11/h2-6H,7-10H2,1H3. The zero-order valence-electron chi connectivity index (χ0n) is 10.9. The second kappa shape index (κ2) is 6.38. The Morgan fingerprint density at radius 1 is 1.11 bits per heavy atom. The summed E-state index contributed by atoms with van der Waals surface area (Å²) in [6.45, 7) is 0.216. The summed E-state index contributed by atoms with van der Waals surface area (Å²) >= 11 is 0. The molecular formula is C13H16BNO4. The van der Waals surface area contributed by atoms with E-state index in [1.165, 1.54) is 0 Å². The first kappa shape index (κ1) is 13.6. The van der Waals surface area contributed by atoms with Gasteiger partial charge in [0.05, 0.1) is 13.1 Å². The number of hydrogen-bond acceptors (Lipinski definition) is 5. The number of carbonyl (C=O) groups is 2. The monoisotopic (exact) mass is 261 g/mol. The van der Waals surface area contributed by atoms with Gasteiger partial charge in [0.1, 0.15) is 0 Å². The van der Waals surface area contributed by atoms with E-state index < -0.39 is 7.12 Å². The topological polar surface area (TPSA) is 55.8 Å². The summed E-state index contributed by atoms with van der Waals surface area (Å²) < 4.78 is 10.3. The van der Waals surface area contributed by atoms with Crippen LogP contribution < -0.4 is 0 Å². The Labute approximate surface area is 112 Å². The van der Waals surface area contributed by atoms with Gasteiger partial charge in [0.25, 0.3) is 0 Å². The zero-order valence-corrected chi connectivity index (χ0v) is 10.9. The van der Waals surface area contributed by atoms with Crippen molar-refractivity contribution >= 4 is 19.1 Å². The predicted octanol–water partition coefficient (Wildman–Crippen LogP) is 0.749. The van der Waals surface area contributed by atoms with Crippen molar-refractivity contribution in [2.75, 3.05) is 20.1 Å². The Morgan fingerprint density at radius 2 is 1.68 bits per heavy atom. The lowest BCUT2D eigenvalue weighted by Crippen LogP contribution is -2.42. The van der Waals surface area contributed by atoms with E-state index in [-0.39, 0.29) is 25.0 Å². The summed E-state index contributed by atoms with van der Waals surface area (Å²) in [5.74, 6) is -0.735. The molecule has 1 saturated heterocycles. The molecule has 1 aromatic rings. The Hall–Kier alpha value is -1.82. The predicted molar refractivity (Wildman–Crippen MR) is 70.4 cm³/mol. The fraction of sp³-hybridized carbons (Fsp3) is 0.385. The lowest BCUT2D eigenvalue weighted by atomic mass is 9.81. The quantitative estimate of drug-likeness (QED) is 0.751. The van der Waals surface area contributed by atoms with Crippen molar-refractivity contribution in [1.29, 1.82) is 0 Å². The van der Waals surface area contributed by atoms with Crippen LogP contribution in [0.1, 0.15) is 5.56 Å². The number of benzene rings is 1. The molecule has 1 fully saturated rings. The minimum atomic E-state index is -0.783. The van der Waals surface area contributed by atoms with Gasteiger partial charge in [-0.15, -0.1) is 0 Å². The van der Waals surface area contributed by atoms with Gasteiger partial charge in [-0.05, 0) is 19.0 Å². The van der Waals surface area contributed by atoms with Crippen LogP contribution in [0.3, 0.4) is 0 Å². The fourth-order valence-corrected chi connectivity index (χ4v) is 1.94. The number of likely N-dealkylation sites (N-methyl/N-ethyl adjacent to an activating group) is 1. The summed E-state index contributed by atoms with van der Waals surface area (Å²) in [6, 6.07) is 9.80. The lowest BCUT2D eigenvalue weighted by molar-refractivity contribution is -0.145. The van der Waals surface area contributed by atoms with E-state index in [0.717, 1.165) is 5.56 Å². The summed E-state index contributed by atoms with van der Waals surface area (Å²) in [7, 11) is 0.890. The van der Waals surface area contributed by atoms with Crippen molar-refractivity contribution in [2.24, 2.45) is 0 Å². The van der Waals surface area contributed by atoms with Crippen LogP contribution >= 0.6 is 0 Å². The molecule has 0 N–H and O–H groups in total. The SMILES string of the molecule is CN1CC(=O)OB(CCc2ccccc2)OC(=O)C1. The van der Waals surface area contributed by atoms with Gasteiger partial charge in [0.2, 0.25) is 0 Å². The number of aryl methyl sites for hydroxylation is 1. The molecular weight excluding hydrogens is 245 g/mol.